The second-order valence-corrected chi connectivity index (χ2v) is 4.49. The maximum Gasteiger partial charge on any atom is 0.233 e. The Hall–Kier alpha value is -1.38. The van der Waals surface area contributed by atoms with Crippen LogP contribution in [0.3, 0.4) is 0 Å². The van der Waals surface area contributed by atoms with Gasteiger partial charge in [-0.15, -0.1) is 10.2 Å². The van der Waals surface area contributed by atoms with E-state index in [2.05, 4.69) is 22.3 Å². The summed E-state index contributed by atoms with van der Waals surface area (Å²) in [5.41, 5.74) is 0.916. The van der Waals surface area contributed by atoms with Gasteiger partial charge in [0.25, 0.3) is 0 Å². The Morgan fingerprint density at radius 1 is 1.24 bits per heavy atom. The zero-order valence-corrected chi connectivity index (χ0v) is 10.4. The van der Waals surface area contributed by atoms with Gasteiger partial charge in [-0.2, -0.15) is 0 Å². The van der Waals surface area contributed by atoms with E-state index >= 15 is 0 Å². The van der Waals surface area contributed by atoms with Crippen molar-refractivity contribution in [2.75, 3.05) is 6.61 Å². The average molecular weight is 232 g/mol. The number of hydrogen-bond acceptors (Lipinski definition) is 3. The van der Waals surface area contributed by atoms with Crippen LogP contribution in [0, 0.1) is 5.92 Å². The molecule has 2 rings (SSSR count). The molecule has 1 aliphatic rings. The molecule has 1 aromatic rings. The van der Waals surface area contributed by atoms with Crippen molar-refractivity contribution >= 4 is 6.08 Å². The van der Waals surface area contributed by atoms with Gasteiger partial charge in [0.1, 0.15) is 0 Å². The quantitative estimate of drug-likeness (QED) is 0.797. The molecule has 0 N–H and O–H groups in total. The van der Waals surface area contributed by atoms with Crippen LogP contribution in [0.2, 0.25) is 0 Å². The molecule has 1 aromatic heterocycles. The van der Waals surface area contributed by atoms with E-state index in [0.29, 0.717) is 12.5 Å². The largest absolute Gasteiger partial charge is 0.477 e. The van der Waals surface area contributed by atoms with Crippen molar-refractivity contribution in [3.05, 3.63) is 23.9 Å². The normalized spacial score (nSPS) is 17.5. The molecular formula is C14H20N2O. The van der Waals surface area contributed by atoms with Crippen LogP contribution < -0.4 is 4.74 Å². The van der Waals surface area contributed by atoms with E-state index in [1.807, 2.05) is 19.1 Å². The molecule has 3 heteroatoms. The van der Waals surface area contributed by atoms with Gasteiger partial charge in [0, 0.05) is 6.07 Å². The average Bonchev–Trinajstić information content (AvgIpc) is 2.40. The van der Waals surface area contributed by atoms with Crippen molar-refractivity contribution in [1.82, 2.24) is 10.2 Å². The third kappa shape index (κ3) is 3.84. The van der Waals surface area contributed by atoms with Crippen molar-refractivity contribution in [2.45, 2.75) is 39.0 Å². The Kier molecular flexibility index (Phi) is 4.54. The van der Waals surface area contributed by atoms with E-state index in [-0.39, 0.29) is 0 Å². The Bertz CT molecular complexity index is 353. The summed E-state index contributed by atoms with van der Waals surface area (Å²) < 4.78 is 5.26. The molecule has 0 spiro atoms. The first-order valence-electron chi connectivity index (χ1n) is 6.53. The Labute approximate surface area is 103 Å². The van der Waals surface area contributed by atoms with Crippen LogP contribution in [0.5, 0.6) is 5.88 Å². The first kappa shape index (κ1) is 12.1. The van der Waals surface area contributed by atoms with Gasteiger partial charge in [-0.25, -0.2) is 0 Å². The topological polar surface area (TPSA) is 35.0 Å². The molecule has 0 radical (unpaired) electrons. The summed E-state index contributed by atoms with van der Waals surface area (Å²) in [5, 5.41) is 8.13. The number of nitrogens with zero attached hydrogens (tertiary/aromatic N) is 2. The lowest BCUT2D eigenvalue weighted by atomic mass is 9.89. The van der Waals surface area contributed by atoms with Gasteiger partial charge in [0.15, 0.2) is 0 Å². The van der Waals surface area contributed by atoms with Gasteiger partial charge in [0.05, 0.1) is 12.3 Å². The van der Waals surface area contributed by atoms with Gasteiger partial charge >= 0.3 is 0 Å². The van der Waals surface area contributed by atoms with Crippen molar-refractivity contribution in [3.8, 4) is 5.88 Å². The van der Waals surface area contributed by atoms with Gasteiger partial charge in [0.2, 0.25) is 5.88 Å². The zero-order valence-electron chi connectivity index (χ0n) is 10.4. The van der Waals surface area contributed by atoms with E-state index in [1.165, 1.54) is 32.1 Å². The number of aromatic nitrogens is 2. The van der Waals surface area contributed by atoms with Crippen LogP contribution in [0.1, 0.15) is 44.7 Å². The molecule has 1 heterocycles. The summed E-state index contributed by atoms with van der Waals surface area (Å²) in [4.78, 5) is 0. The van der Waals surface area contributed by atoms with Gasteiger partial charge in [-0.05, 0) is 37.8 Å². The standard InChI is InChI=1S/C14H20N2O/c1-2-17-14-11-10-13(15-16-14)9-8-12-6-4-3-5-7-12/h8-12H,2-7H2,1H3. The monoisotopic (exact) mass is 232 g/mol. The minimum Gasteiger partial charge on any atom is -0.477 e. The molecule has 0 aliphatic heterocycles. The highest BCUT2D eigenvalue weighted by molar-refractivity contribution is 5.44. The summed E-state index contributed by atoms with van der Waals surface area (Å²) in [6.07, 6.45) is 11.1. The predicted molar refractivity (Wildman–Crippen MR) is 68.8 cm³/mol. The molecule has 1 fully saturated rings. The molecule has 0 amide bonds. The second kappa shape index (κ2) is 6.38. The number of hydrogen-bond donors (Lipinski definition) is 0. The lowest BCUT2D eigenvalue weighted by Crippen LogP contribution is -2.02. The Morgan fingerprint density at radius 2 is 2.06 bits per heavy atom. The molecule has 0 bridgehead atoms. The molecule has 1 saturated carbocycles. The van der Waals surface area contributed by atoms with Crippen LogP contribution in [-0.2, 0) is 0 Å². The summed E-state index contributed by atoms with van der Waals surface area (Å²) in [6.45, 7) is 2.57. The van der Waals surface area contributed by atoms with E-state index in [1.54, 1.807) is 0 Å². The lowest BCUT2D eigenvalue weighted by Gasteiger charge is -2.17. The predicted octanol–water partition coefficient (Wildman–Crippen LogP) is 3.47. The summed E-state index contributed by atoms with van der Waals surface area (Å²) >= 11 is 0. The first-order chi connectivity index (χ1) is 8.38. The summed E-state index contributed by atoms with van der Waals surface area (Å²) in [7, 11) is 0. The fraction of sp³-hybridized carbons (Fsp3) is 0.571. The fourth-order valence-corrected chi connectivity index (χ4v) is 2.21. The highest BCUT2D eigenvalue weighted by atomic mass is 16.5. The van der Waals surface area contributed by atoms with Crippen molar-refractivity contribution in [2.24, 2.45) is 5.92 Å². The van der Waals surface area contributed by atoms with Crippen molar-refractivity contribution < 1.29 is 4.74 Å². The third-order valence-corrected chi connectivity index (χ3v) is 3.14. The van der Waals surface area contributed by atoms with Crippen LogP contribution >= 0.6 is 0 Å². The lowest BCUT2D eigenvalue weighted by molar-refractivity contribution is 0.322. The molecule has 1 aliphatic carbocycles. The SMILES string of the molecule is CCOc1ccc(C=CC2CCCCC2)nn1. The van der Waals surface area contributed by atoms with Crippen molar-refractivity contribution in [3.63, 3.8) is 0 Å². The molecule has 17 heavy (non-hydrogen) atoms. The Morgan fingerprint density at radius 3 is 2.71 bits per heavy atom. The maximum absolute atomic E-state index is 5.26. The summed E-state index contributed by atoms with van der Waals surface area (Å²) in [5.74, 6) is 1.33. The van der Waals surface area contributed by atoms with E-state index in [0.717, 1.165) is 11.6 Å². The van der Waals surface area contributed by atoms with E-state index in [9.17, 15) is 0 Å². The third-order valence-electron chi connectivity index (χ3n) is 3.14. The number of allylic oxidation sites excluding steroid dienone is 1. The van der Waals surface area contributed by atoms with E-state index in [4.69, 9.17) is 4.74 Å². The molecule has 3 nitrogen and oxygen atoms in total. The molecular weight excluding hydrogens is 212 g/mol. The maximum atomic E-state index is 5.26. The van der Waals surface area contributed by atoms with Gasteiger partial charge in [-0.1, -0.05) is 25.3 Å². The number of rotatable bonds is 4. The minimum atomic E-state index is 0.599. The first-order valence-corrected chi connectivity index (χ1v) is 6.53. The number of ether oxygens (including phenoxy) is 1. The molecule has 0 aromatic carbocycles. The molecule has 0 saturated heterocycles. The second-order valence-electron chi connectivity index (χ2n) is 4.49. The van der Waals surface area contributed by atoms with E-state index < -0.39 is 0 Å². The van der Waals surface area contributed by atoms with Crippen molar-refractivity contribution in [1.29, 1.82) is 0 Å². The van der Waals surface area contributed by atoms with Crippen LogP contribution in [0.15, 0.2) is 18.2 Å². The highest BCUT2D eigenvalue weighted by Gasteiger charge is 2.09. The molecule has 92 valence electrons. The molecule has 0 unspecified atom stereocenters. The fourth-order valence-electron chi connectivity index (χ4n) is 2.21. The highest BCUT2D eigenvalue weighted by Crippen LogP contribution is 2.25. The zero-order chi connectivity index (χ0) is 11.9. The summed E-state index contributed by atoms with van der Waals surface area (Å²) in [6, 6.07) is 3.83. The molecule has 0 atom stereocenters. The van der Waals surface area contributed by atoms with Crippen LogP contribution in [-0.4, -0.2) is 16.8 Å². The minimum absolute atomic E-state index is 0.599. The smallest absolute Gasteiger partial charge is 0.233 e. The van der Waals surface area contributed by atoms with Crippen LogP contribution in [0.4, 0.5) is 0 Å². The van der Waals surface area contributed by atoms with Gasteiger partial charge in [-0.3, -0.25) is 0 Å². The van der Waals surface area contributed by atoms with Gasteiger partial charge < -0.3 is 4.74 Å². The van der Waals surface area contributed by atoms with Crippen LogP contribution in [0.25, 0.3) is 6.08 Å². The Balaban J connectivity index is 1.91.